The van der Waals surface area contributed by atoms with Gasteiger partial charge in [0.15, 0.2) is 0 Å². The highest BCUT2D eigenvalue weighted by molar-refractivity contribution is 5.97. The number of H-pyrrole nitrogens is 1. The first-order valence-corrected chi connectivity index (χ1v) is 8.60. The average Bonchev–Trinajstić information content (AvgIpc) is 3.10. The number of carbonyl (C=O) groups is 4. The molecule has 0 fully saturated rings. The van der Waals surface area contributed by atoms with Crippen LogP contribution in [-0.4, -0.2) is 63.2 Å². The number of carbonyl (C=O) groups excluding carboxylic acids is 2. The van der Waals surface area contributed by atoms with Gasteiger partial charge < -0.3 is 37.3 Å². The third-order valence-corrected chi connectivity index (χ3v) is 3.38. The molecule has 0 unspecified atom stereocenters. The summed E-state index contributed by atoms with van der Waals surface area (Å²) in [6.07, 6.45) is 3.80. The quantitative estimate of drug-likeness (QED) is 0.129. The minimum atomic E-state index is -1.21. The molecule has 12 heteroatoms. The molecular weight excluding hydrogens is 372 g/mol. The van der Waals surface area contributed by atoms with Crippen molar-refractivity contribution >= 4 is 23.8 Å². The molecular formula is C16H28N6O6. The Morgan fingerprint density at radius 3 is 2.29 bits per heavy atom. The summed E-state index contributed by atoms with van der Waals surface area (Å²) in [5, 5.41) is 21.7. The summed E-state index contributed by atoms with van der Waals surface area (Å²) in [7, 11) is 0. The largest absolute Gasteiger partial charge is 0.481 e. The first-order chi connectivity index (χ1) is 13.2. The summed E-state index contributed by atoms with van der Waals surface area (Å²) < 4.78 is 0. The topological polar surface area (TPSA) is 214 Å². The molecule has 0 radical (unpaired) electrons. The van der Waals surface area contributed by atoms with Gasteiger partial charge in [-0.2, -0.15) is 0 Å². The van der Waals surface area contributed by atoms with Crippen molar-refractivity contribution in [1.29, 1.82) is 0 Å². The van der Waals surface area contributed by atoms with Gasteiger partial charge in [0.05, 0.1) is 12.9 Å². The molecule has 9 N–H and O–H groups in total. The summed E-state index contributed by atoms with van der Waals surface area (Å²) in [6.45, 7) is 1.27. The molecule has 12 nitrogen and oxygen atoms in total. The predicted molar refractivity (Wildman–Crippen MR) is 98.8 cm³/mol. The maximum atomic E-state index is 12.3. The normalized spacial score (nSPS) is 12.1. The van der Waals surface area contributed by atoms with E-state index in [9.17, 15) is 19.5 Å². The minimum absolute atomic E-state index is 0.181. The van der Waals surface area contributed by atoms with Gasteiger partial charge in [0.25, 0.3) is 5.97 Å². The number of nitrogens with two attached hydrogens (primary N) is 2. The van der Waals surface area contributed by atoms with Gasteiger partial charge in [-0.15, -0.1) is 0 Å². The van der Waals surface area contributed by atoms with E-state index in [2.05, 4.69) is 20.6 Å². The summed E-state index contributed by atoms with van der Waals surface area (Å²) in [4.78, 5) is 50.8. The van der Waals surface area contributed by atoms with Gasteiger partial charge in [0, 0.05) is 25.2 Å². The zero-order valence-electron chi connectivity index (χ0n) is 15.7. The minimum Gasteiger partial charge on any atom is -0.481 e. The van der Waals surface area contributed by atoms with E-state index in [0.717, 1.165) is 6.92 Å². The lowest BCUT2D eigenvalue weighted by Crippen LogP contribution is -2.53. The number of rotatable bonds is 11. The number of imidazole rings is 1. The van der Waals surface area contributed by atoms with Gasteiger partial charge >= 0.3 is 5.97 Å². The van der Waals surface area contributed by atoms with Crippen molar-refractivity contribution in [3.63, 3.8) is 0 Å². The van der Waals surface area contributed by atoms with E-state index >= 15 is 0 Å². The van der Waals surface area contributed by atoms with Crippen LogP contribution in [0.1, 0.15) is 31.9 Å². The fraction of sp³-hybridized carbons (Fsp3) is 0.562. The van der Waals surface area contributed by atoms with Gasteiger partial charge in [-0.1, -0.05) is 6.42 Å². The van der Waals surface area contributed by atoms with Gasteiger partial charge in [-0.25, -0.2) is 4.98 Å². The zero-order valence-corrected chi connectivity index (χ0v) is 15.7. The second kappa shape index (κ2) is 14.1. The maximum Gasteiger partial charge on any atom is 0.316 e. The van der Waals surface area contributed by atoms with E-state index in [-0.39, 0.29) is 19.4 Å². The summed E-state index contributed by atoms with van der Waals surface area (Å²) in [6, 6.07) is 0. The number of aliphatic carboxylic acids is 2. The molecule has 0 aliphatic rings. The number of nitrogens with zero attached hydrogens (tertiary/aromatic N) is 1. The van der Waals surface area contributed by atoms with Crippen molar-refractivity contribution in [1.82, 2.24) is 20.6 Å². The second-order valence-corrected chi connectivity index (χ2v) is 5.81. The number of hydrogen-bond acceptors (Lipinski definition) is 7. The molecule has 0 saturated carbocycles. The lowest BCUT2D eigenvalue weighted by molar-refractivity contribution is -0.147. The second-order valence-electron chi connectivity index (χ2n) is 5.81. The number of aromatic amines is 1. The van der Waals surface area contributed by atoms with E-state index in [1.54, 1.807) is 6.20 Å². The van der Waals surface area contributed by atoms with Crippen LogP contribution >= 0.6 is 0 Å². The monoisotopic (exact) mass is 400 g/mol. The van der Waals surface area contributed by atoms with Crippen LogP contribution in [0.3, 0.4) is 0 Å². The highest BCUT2D eigenvalue weighted by atomic mass is 16.4. The fourth-order valence-corrected chi connectivity index (χ4v) is 2.14. The number of nitrogens with one attached hydrogen (secondary N) is 3. The van der Waals surface area contributed by atoms with E-state index in [4.69, 9.17) is 21.4 Å². The van der Waals surface area contributed by atoms with E-state index < -0.39 is 35.8 Å². The Bertz CT molecular complexity index is 617. The molecule has 158 valence electrons. The SMILES string of the molecule is CC(=O)O.NCCCC[C@H](C(=O)O)C(=O)N[C@H](Cc1cnc[nH]1)NC(=O)CN. The van der Waals surface area contributed by atoms with E-state index in [0.29, 0.717) is 25.1 Å². The van der Waals surface area contributed by atoms with Crippen molar-refractivity contribution in [2.45, 2.75) is 38.8 Å². The van der Waals surface area contributed by atoms with Gasteiger partial charge in [0.2, 0.25) is 11.8 Å². The Labute approximate surface area is 162 Å². The molecule has 1 rings (SSSR count). The molecule has 2 atom stereocenters. The number of amides is 2. The summed E-state index contributed by atoms with van der Waals surface area (Å²) in [5.74, 6) is -4.37. The Morgan fingerprint density at radius 1 is 1.18 bits per heavy atom. The van der Waals surface area contributed by atoms with E-state index in [1.165, 1.54) is 6.33 Å². The van der Waals surface area contributed by atoms with Crippen molar-refractivity contribution in [2.75, 3.05) is 13.1 Å². The molecule has 0 spiro atoms. The highest BCUT2D eigenvalue weighted by Gasteiger charge is 2.28. The van der Waals surface area contributed by atoms with Gasteiger partial charge in [0.1, 0.15) is 12.1 Å². The third kappa shape index (κ3) is 11.6. The van der Waals surface area contributed by atoms with Crippen LogP contribution in [-0.2, 0) is 25.6 Å². The molecule has 1 heterocycles. The Morgan fingerprint density at radius 2 is 1.82 bits per heavy atom. The molecule has 2 amide bonds. The van der Waals surface area contributed by atoms with Crippen LogP contribution in [0.5, 0.6) is 0 Å². The molecule has 1 aromatic rings. The predicted octanol–water partition coefficient (Wildman–Crippen LogP) is -1.61. The Balaban J connectivity index is 0.00000165. The number of hydrogen-bond donors (Lipinski definition) is 7. The lowest BCUT2D eigenvalue weighted by Gasteiger charge is -2.21. The van der Waals surface area contributed by atoms with Crippen LogP contribution in [0.4, 0.5) is 0 Å². The number of carboxylic acid groups (broad SMARTS) is 2. The standard InChI is InChI=1S/C14H24N6O4.C2H4O2/c15-4-2-1-3-10(14(23)24)13(22)20-11(19-12(21)6-16)5-9-7-17-8-18-9;1-2(3)4/h7-8,10-11H,1-6,15-16H2,(H,17,18)(H,19,21)(H,20,22)(H,23,24);1H3,(H,3,4)/t10-,11+;/m0./s1. The molecule has 28 heavy (non-hydrogen) atoms. The zero-order chi connectivity index (χ0) is 21.5. The van der Waals surface area contributed by atoms with Crippen molar-refractivity contribution in [2.24, 2.45) is 17.4 Å². The summed E-state index contributed by atoms with van der Waals surface area (Å²) in [5.41, 5.74) is 11.3. The molecule has 0 saturated heterocycles. The van der Waals surface area contributed by atoms with Crippen molar-refractivity contribution in [3.8, 4) is 0 Å². The molecule has 0 aromatic carbocycles. The van der Waals surface area contributed by atoms with Crippen LogP contribution in [0, 0.1) is 5.92 Å². The van der Waals surface area contributed by atoms with Crippen molar-refractivity contribution < 1.29 is 29.4 Å². The van der Waals surface area contributed by atoms with Gasteiger partial charge in [-0.3, -0.25) is 19.2 Å². The summed E-state index contributed by atoms with van der Waals surface area (Å²) >= 11 is 0. The average molecular weight is 400 g/mol. The highest BCUT2D eigenvalue weighted by Crippen LogP contribution is 2.10. The fourth-order valence-electron chi connectivity index (χ4n) is 2.14. The maximum absolute atomic E-state index is 12.3. The Hall–Kier alpha value is -2.99. The molecule has 0 aliphatic carbocycles. The van der Waals surface area contributed by atoms with Crippen LogP contribution in [0.2, 0.25) is 0 Å². The molecule has 0 aliphatic heterocycles. The lowest BCUT2D eigenvalue weighted by atomic mass is 10.0. The third-order valence-electron chi connectivity index (χ3n) is 3.38. The molecule has 1 aromatic heterocycles. The van der Waals surface area contributed by atoms with Crippen LogP contribution < -0.4 is 22.1 Å². The van der Waals surface area contributed by atoms with Crippen LogP contribution in [0.15, 0.2) is 12.5 Å². The van der Waals surface area contributed by atoms with Gasteiger partial charge in [-0.05, 0) is 19.4 Å². The first kappa shape index (κ1) is 25.0. The number of unbranched alkanes of at least 4 members (excludes halogenated alkanes) is 1. The number of carboxylic acids is 2. The van der Waals surface area contributed by atoms with E-state index in [1.807, 2.05) is 0 Å². The number of aromatic nitrogens is 2. The smallest absolute Gasteiger partial charge is 0.316 e. The molecule has 0 bridgehead atoms. The first-order valence-electron chi connectivity index (χ1n) is 8.60. The van der Waals surface area contributed by atoms with Crippen LogP contribution in [0.25, 0.3) is 0 Å². The Kier molecular flexibility index (Phi) is 12.6. The van der Waals surface area contributed by atoms with Crippen molar-refractivity contribution in [3.05, 3.63) is 18.2 Å².